The Bertz CT molecular complexity index is 792. The number of nitrogens with one attached hydrogen (secondary N) is 1. The number of rotatable bonds is 1. The van der Waals surface area contributed by atoms with Crippen LogP contribution in [0.25, 0.3) is 0 Å². The summed E-state index contributed by atoms with van der Waals surface area (Å²) in [5.41, 5.74) is 1.09. The van der Waals surface area contributed by atoms with Crippen molar-refractivity contribution in [1.82, 2.24) is 5.32 Å². The molecule has 1 heterocycles. The molecule has 2 aromatic carbocycles. The van der Waals surface area contributed by atoms with Gasteiger partial charge in [-0.1, -0.05) is 22.7 Å². The number of carbonyl (C=O) groups is 1. The van der Waals surface area contributed by atoms with Crippen LogP contribution in [0, 0.1) is 17.7 Å². The van der Waals surface area contributed by atoms with E-state index in [1.807, 2.05) is 6.07 Å². The van der Waals surface area contributed by atoms with Crippen molar-refractivity contribution in [1.29, 1.82) is 0 Å². The first-order chi connectivity index (χ1) is 13.5. The molecule has 1 aliphatic rings. The Labute approximate surface area is 216 Å². The van der Waals surface area contributed by atoms with Crippen LogP contribution in [-0.4, -0.2) is 25.2 Å². The number of hydrogen-bond donors (Lipinski definition) is 1. The Balaban J connectivity index is 0. The molecule has 0 radical (unpaired) electrons. The Morgan fingerprint density at radius 2 is 1.58 bits per heavy atom. The number of carbonyl (C=O) groups excluding carboxylic acids is 1. The molecule has 0 saturated carbocycles. The van der Waals surface area contributed by atoms with Gasteiger partial charge in [-0.2, -0.15) is 25.3 Å². The van der Waals surface area contributed by atoms with Crippen molar-refractivity contribution in [2.45, 2.75) is 24.9 Å². The van der Waals surface area contributed by atoms with Crippen molar-refractivity contribution in [3.8, 4) is 0 Å². The zero-order chi connectivity index (χ0) is 22.0. The maximum Gasteiger partial charge on any atom is 2.00 e. The molecule has 12 heteroatoms. The van der Waals surface area contributed by atoms with Crippen LogP contribution in [0.15, 0.2) is 36.4 Å². The minimum absolute atomic E-state index is 0. The number of halogens is 8. The molecule has 2 aromatic rings. The van der Waals surface area contributed by atoms with Gasteiger partial charge in [0.25, 0.3) is 0 Å². The monoisotopic (exact) mass is 646 g/mol. The molecule has 3 rings (SSSR count). The summed E-state index contributed by atoms with van der Waals surface area (Å²) in [5.74, 6) is -3.10. The summed E-state index contributed by atoms with van der Waals surface area (Å²) < 4.78 is 56.4. The summed E-state index contributed by atoms with van der Waals surface area (Å²) >= 11 is 11.4. The van der Waals surface area contributed by atoms with E-state index in [9.17, 15) is 22.0 Å². The zero-order valence-corrected chi connectivity index (χ0v) is 22.6. The molecule has 0 aliphatic carbocycles. The summed E-state index contributed by atoms with van der Waals surface area (Å²) in [6.45, 7) is 2.05. The van der Waals surface area contributed by atoms with Gasteiger partial charge in [0.1, 0.15) is 11.8 Å². The number of aliphatic carboxylic acids is 1. The summed E-state index contributed by atoms with van der Waals surface area (Å²) in [6, 6.07) is 11.3. The van der Waals surface area contributed by atoms with Gasteiger partial charge in [-0.05, 0) is 49.5 Å². The van der Waals surface area contributed by atoms with Gasteiger partial charge in [0.05, 0.1) is 0 Å². The summed E-state index contributed by atoms with van der Waals surface area (Å²) in [4.78, 5) is 8.78. The van der Waals surface area contributed by atoms with E-state index < -0.39 is 12.1 Å². The van der Waals surface area contributed by atoms with Crippen molar-refractivity contribution in [3.05, 3.63) is 69.7 Å². The van der Waals surface area contributed by atoms with Crippen LogP contribution < -0.4 is 34.4 Å². The van der Waals surface area contributed by atoms with Crippen molar-refractivity contribution >= 4 is 29.2 Å². The maximum atomic E-state index is 12.8. The molecular weight excluding hydrogens is 632 g/mol. The van der Waals surface area contributed by atoms with E-state index in [1.54, 1.807) is 0 Å². The van der Waals surface area contributed by atoms with Gasteiger partial charge in [-0.3, -0.25) is 0 Å². The van der Waals surface area contributed by atoms with Crippen LogP contribution in [0.3, 0.4) is 0 Å². The van der Waals surface area contributed by atoms with Crippen LogP contribution in [0.1, 0.15) is 24.3 Å². The Hall–Kier alpha value is -0.547. The van der Waals surface area contributed by atoms with E-state index in [0.717, 1.165) is 31.5 Å². The minimum atomic E-state index is -5.19. The van der Waals surface area contributed by atoms with Gasteiger partial charge >= 0.3 is 25.7 Å². The number of carboxylic acid groups (broad SMARTS) is 1. The molecule has 0 amide bonds. The van der Waals surface area contributed by atoms with Gasteiger partial charge in [0, 0.05) is 10.8 Å². The average Bonchev–Trinajstić information content (AvgIpc) is 2.62. The molecule has 3 nitrogen and oxygen atoms in total. The molecule has 1 N–H and O–H groups in total. The molecule has 0 bridgehead atoms. The fraction of sp³-hybridized carbons (Fsp3) is 0.316. The average molecular weight is 649 g/mol. The van der Waals surface area contributed by atoms with E-state index in [1.165, 1.54) is 30.3 Å². The van der Waals surface area contributed by atoms with Crippen molar-refractivity contribution < 1.29 is 75.3 Å². The molecular formula is C19H16Cl2F5INO2Zn-. The third kappa shape index (κ3) is 13.6. The normalized spacial score (nSPS) is 13.3. The van der Waals surface area contributed by atoms with E-state index in [4.69, 9.17) is 33.1 Å². The molecule has 1 fully saturated rings. The van der Waals surface area contributed by atoms with Crippen LogP contribution in [-0.2, 0) is 24.3 Å². The largest absolute Gasteiger partial charge is 2.00 e. The van der Waals surface area contributed by atoms with E-state index in [-0.39, 0.29) is 55.1 Å². The summed E-state index contributed by atoms with van der Waals surface area (Å²) in [5, 5.41) is 13.0. The predicted octanol–water partition coefficient (Wildman–Crippen LogP) is 1.53. The smallest absolute Gasteiger partial charge is 1.00 e. The van der Waals surface area contributed by atoms with Crippen LogP contribution in [0.5, 0.6) is 0 Å². The molecule has 0 aromatic heterocycles. The molecule has 31 heavy (non-hydrogen) atoms. The predicted molar refractivity (Wildman–Crippen MR) is 97.6 cm³/mol. The third-order valence-electron chi connectivity index (χ3n) is 3.70. The van der Waals surface area contributed by atoms with Crippen molar-refractivity contribution in [3.63, 3.8) is 0 Å². The number of benzene rings is 2. The quantitative estimate of drug-likeness (QED) is 0.221. The van der Waals surface area contributed by atoms with Crippen molar-refractivity contribution in [2.75, 3.05) is 13.1 Å². The minimum Gasteiger partial charge on any atom is -1.00 e. The molecule has 0 unspecified atom stereocenters. The molecule has 1 aliphatic heterocycles. The SMILES string of the molecule is Fc1cc[c-]c(Cl)c1.Fc1ccc(C2CCNCC2)c(Cl)c1.O=C([O-])C(F)(F)F.[I-].[Zn+2]. The second kappa shape index (κ2) is 16.1. The molecule has 0 atom stereocenters. The first-order valence-electron chi connectivity index (χ1n) is 8.27. The fourth-order valence-corrected chi connectivity index (χ4v) is 2.87. The van der Waals surface area contributed by atoms with Crippen LogP contribution in [0.4, 0.5) is 22.0 Å². The standard InChI is InChI=1S/C11H13ClFN.C6H3ClF.C2HF3O2.HI.Zn/c12-11-7-9(13)1-2-10(11)8-3-5-14-6-4-8;7-5-2-1-3-6(8)4-5;3-2(4,5)1(6)7;;/h1-2,7-8,14H,3-6H2;1,3-4H;(H,6,7);1H;/q;-1;;;+2/p-2. The number of carboxylic acids is 1. The van der Waals surface area contributed by atoms with Crippen LogP contribution in [0.2, 0.25) is 10.0 Å². The van der Waals surface area contributed by atoms with Gasteiger partial charge in [0.15, 0.2) is 0 Å². The third-order valence-corrected chi connectivity index (χ3v) is 4.25. The first-order valence-corrected chi connectivity index (χ1v) is 9.03. The number of alkyl halides is 3. The second-order valence-corrected chi connectivity index (χ2v) is 6.64. The number of hydrogen-bond acceptors (Lipinski definition) is 3. The van der Waals surface area contributed by atoms with E-state index in [0.29, 0.717) is 16.0 Å². The van der Waals surface area contributed by atoms with Crippen molar-refractivity contribution in [2.24, 2.45) is 0 Å². The Morgan fingerprint density at radius 1 is 1.06 bits per heavy atom. The topological polar surface area (TPSA) is 52.2 Å². The zero-order valence-electron chi connectivity index (χ0n) is 15.9. The summed E-state index contributed by atoms with van der Waals surface area (Å²) in [6.07, 6.45) is -3.02. The van der Waals surface area contributed by atoms with Gasteiger partial charge in [-0.25, -0.2) is 8.78 Å². The van der Waals surface area contributed by atoms with Crippen LogP contribution >= 0.6 is 23.2 Å². The number of piperidine rings is 1. The fourth-order valence-electron chi connectivity index (χ4n) is 2.38. The van der Waals surface area contributed by atoms with Gasteiger partial charge < -0.3 is 39.2 Å². The second-order valence-electron chi connectivity index (χ2n) is 5.83. The Morgan fingerprint density at radius 3 is 1.97 bits per heavy atom. The molecule has 1 saturated heterocycles. The molecule has 168 valence electrons. The summed E-state index contributed by atoms with van der Waals surface area (Å²) in [7, 11) is 0. The Kier molecular flexibility index (Phi) is 17.0. The van der Waals surface area contributed by atoms with Gasteiger partial charge in [-0.15, -0.1) is 23.7 Å². The van der Waals surface area contributed by atoms with E-state index >= 15 is 0 Å². The molecule has 0 spiro atoms. The van der Waals surface area contributed by atoms with E-state index in [2.05, 4.69) is 11.4 Å². The first kappa shape index (κ1) is 32.6. The van der Waals surface area contributed by atoms with Gasteiger partial charge in [0.2, 0.25) is 0 Å². The maximum absolute atomic E-state index is 12.8.